The highest BCUT2D eigenvalue weighted by atomic mass is 127. The third-order valence-corrected chi connectivity index (χ3v) is 1.39. The maximum absolute atomic E-state index is 5.04. The van der Waals surface area contributed by atoms with E-state index >= 15 is 0 Å². The minimum atomic E-state index is 0.854. The largest absolute Gasteiger partial charge is 0.502 e. The van der Waals surface area contributed by atoms with E-state index < -0.39 is 0 Å². The third-order valence-electron chi connectivity index (χ3n) is 0.628. The van der Waals surface area contributed by atoms with Crippen molar-refractivity contribution in [1.29, 1.82) is 0 Å². The topological polar surface area (TPSA) is 9.23 Å². The predicted molar refractivity (Wildman–Crippen MR) is 44.3 cm³/mol. The molecule has 0 spiro atoms. The quantitative estimate of drug-likeness (QED) is 0.309. The zero-order valence-corrected chi connectivity index (χ0v) is 7.22. The summed E-state index contributed by atoms with van der Waals surface area (Å²) in [5, 5.41) is 0. The maximum Gasteiger partial charge on any atom is 0.0880 e. The molecule has 0 N–H and O–H groups in total. The van der Waals surface area contributed by atoms with Gasteiger partial charge in [0.2, 0.25) is 0 Å². The van der Waals surface area contributed by atoms with Crippen LogP contribution in [0.2, 0.25) is 0 Å². The lowest BCUT2D eigenvalue weighted by molar-refractivity contribution is 0.251. The Morgan fingerprint density at radius 2 is 2.38 bits per heavy atom. The molecule has 0 aromatic carbocycles. The molecular formula is C6H11IO. The number of hydrogen-bond donors (Lipinski definition) is 0. The fourth-order valence-electron chi connectivity index (χ4n) is 0.302. The lowest BCUT2D eigenvalue weighted by Crippen LogP contribution is -1.86. The Bertz CT molecular complexity index is 61.5. The van der Waals surface area contributed by atoms with Gasteiger partial charge in [-0.05, 0) is 13.3 Å². The van der Waals surface area contributed by atoms with E-state index in [2.05, 4.69) is 22.6 Å². The van der Waals surface area contributed by atoms with E-state index in [1.54, 1.807) is 6.26 Å². The number of halogens is 1. The van der Waals surface area contributed by atoms with Crippen LogP contribution in [0.4, 0.5) is 0 Å². The summed E-state index contributed by atoms with van der Waals surface area (Å²) >= 11 is 2.34. The maximum atomic E-state index is 5.04. The molecule has 0 atom stereocenters. The first kappa shape index (κ1) is 8.27. The molecule has 0 unspecified atom stereocenters. The van der Waals surface area contributed by atoms with E-state index in [1.165, 1.54) is 4.43 Å². The molecule has 0 amide bonds. The molecule has 0 aliphatic heterocycles. The summed E-state index contributed by atoms with van der Waals surface area (Å²) in [6, 6.07) is 0. The standard InChI is InChI=1S/C6H11IO/c1-2-5-8-6-3-4-7/h2,5H,3-4,6H2,1H3/b5-2+. The van der Waals surface area contributed by atoms with Crippen molar-refractivity contribution < 1.29 is 4.74 Å². The van der Waals surface area contributed by atoms with Crippen molar-refractivity contribution in [2.75, 3.05) is 11.0 Å². The molecule has 0 fully saturated rings. The first-order chi connectivity index (χ1) is 3.91. The van der Waals surface area contributed by atoms with Crippen LogP contribution in [0.5, 0.6) is 0 Å². The molecule has 1 nitrogen and oxygen atoms in total. The second-order valence-corrected chi connectivity index (χ2v) is 2.46. The van der Waals surface area contributed by atoms with Gasteiger partial charge in [0.25, 0.3) is 0 Å². The van der Waals surface area contributed by atoms with Gasteiger partial charge in [0.05, 0.1) is 12.9 Å². The molecular weight excluding hydrogens is 215 g/mol. The average molecular weight is 226 g/mol. The average Bonchev–Trinajstić information content (AvgIpc) is 1.81. The van der Waals surface area contributed by atoms with E-state index in [-0.39, 0.29) is 0 Å². The van der Waals surface area contributed by atoms with Gasteiger partial charge in [-0.25, -0.2) is 0 Å². The molecule has 0 radical (unpaired) electrons. The molecule has 0 aromatic rings. The Morgan fingerprint density at radius 1 is 1.62 bits per heavy atom. The summed E-state index contributed by atoms with van der Waals surface area (Å²) < 4.78 is 6.21. The lowest BCUT2D eigenvalue weighted by Gasteiger charge is -1.94. The normalized spacial score (nSPS) is 10.2. The van der Waals surface area contributed by atoms with Crippen LogP contribution in [0, 0.1) is 0 Å². The van der Waals surface area contributed by atoms with Crippen molar-refractivity contribution in [3.8, 4) is 0 Å². The second kappa shape index (κ2) is 7.27. The monoisotopic (exact) mass is 226 g/mol. The van der Waals surface area contributed by atoms with Gasteiger partial charge in [-0.3, -0.25) is 0 Å². The van der Waals surface area contributed by atoms with Crippen molar-refractivity contribution in [2.24, 2.45) is 0 Å². The zero-order chi connectivity index (χ0) is 6.24. The fourth-order valence-corrected chi connectivity index (χ4v) is 0.614. The molecule has 48 valence electrons. The van der Waals surface area contributed by atoms with Gasteiger partial charge < -0.3 is 4.74 Å². The highest BCUT2D eigenvalue weighted by Crippen LogP contribution is 1.89. The van der Waals surface area contributed by atoms with Crippen LogP contribution >= 0.6 is 22.6 Å². The summed E-state index contributed by atoms with van der Waals surface area (Å²) in [5.74, 6) is 0. The van der Waals surface area contributed by atoms with E-state index in [1.807, 2.05) is 13.0 Å². The molecule has 2 heteroatoms. The Kier molecular flexibility index (Phi) is 7.52. The van der Waals surface area contributed by atoms with E-state index in [0.29, 0.717) is 0 Å². The summed E-state index contributed by atoms with van der Waals surface area (Å²) in [5.41, 5.74) is 0. The molecule has 0 aliphatic rings. The minimum absolute atomic E-state index is 0.854. The van der Waals surface area contributed by atoms with E-state index in [0.717, 1.165) is 13.0 Å². The van der Waals surface area contributed by atoms with Crippen molar-refractivity contribution in [2.45, 2.75) is 13.3 Å². The summed E-state index contributed by atoms with van der Waals surface area (Å²) in [6.45, 7) is 2.80. The van der Waals surface area contributed by atoms with E-state index in [9.17, 15) is 0 Å². The van der Waals surface area contributed by atoms with Crippen molar-refractivity contribution in [3.05, 3.63) is 12.3 Å². The summed E-state index contributed by atoms with van der Waals surface area (Å²) in [4.78, 5) is 0. The van der Waals surface area contributed by atoms with Crippen LogP contribution in [0.15, 0.2) is 12.3 Å². The number of alkyl halides is 1. The number of rotatable bonds is 4. The van der Waals surface area contributed by atoms with Crippen LogP contribution < -0.4 is 0 Å². The Morgan fingerprint density at radius 3 is 2.88 bits per heavy atom. The minimum Gasteiger partial charge on any atom is -0.502 e. The Balaban J connectivity index is 2.72. The van der Waals surface area contributed by atoms with Crippen LogP contribution in [0.1, 0.15) is 13.3 Å². The highest BCUT2D eigenvalue weighted by Gasteiger charge is 1.78. The smallest absolute Gasteiger partial charge is 0.0880 e. The first-order valence-corrected chi connectivity index (χ1v) is 4.23. The van der Waals surface area contributed by atoms with Gasteiger partial charge in [-0.2, -0.15) is 0 Å². The first-order valence-electron chi connectivity index (χ1n) is 2.70. The number of hydrogen-bond acceptors (Lipinski definition) is 1. The molecule has 0 bridgehead atoms. The molecule has 0 aliphatic carbocycles. The summed E-state index contributed by atoms with van der Waals surface area (Å²) in [7, 11) is 0. The van der Waals surface area contributed by atoms with Crippen LogP contribution in [-0.4, -0.2) is 11.0 Å². The molecule has 0 aromatic heterocycles. The van der Waals surface area contributed by atoms with Gasteiger partial charge in [0.15, 0.2) is 0 Å². The van der Waals surface area contributed by atoms with Gasteiger partial charge in [-0.1, -0.05) is 28.7 Å². The molecule has 0 rings (SSSR count). The van der Waals surface area contributed by atoms with Crippen molar-refractivity contribution >= 4 is 22.6 Å². The number of ether oxygens (including phenoxy) is 1. The van der Waals surface area contributed by atoms with Crippen LogP contribution in [0.3, 0.4) is 0 Å². The molecule has 0 saturated carbocycles. The number of allylic oxidation sites excluding steroid dienone is 1. The molecule has 0 heterocycles. The SMILES string of the molecule is C/C=C/OCCCI. The summed E-state index contributed by atoms with van der Waals surface area (Å²) in [6.07, 6.45) is 4.77. The van der Waals surface area contributed by atoms with Gasteiger partial charge >= 0.3 is 0 Å². The van der Waals surface area contributed by atoms with Crippen molar-refractivity contribution in [3.63, 3.8) is 0 Å². The lowest BCUT2D eigenvalue weighted by atomic mass is 10.5. The van der Waals surface area contributed by atoms with Gasteiger partial charge in [0.1, 0.15) is 0 Å². The predicted octanol–water partition coefficient (Wildman–Crippen LogP) is 2.36. The highest BCUT2D eigenvalue weighted by molar-refractivity contribution is 14.1. The molecule has 8 heavy (non-hydrogen) atoms. The van der Waals surface area contributed by atoms with Gasteiger partial charge in [0, 0.05) is 4.43 Å². The van der Waals surface area contributed by atoms with Gasteiger partial charge in [-0.15, -0.1) is 0 Å². The van der Waals surface area contributed by atoms with Crippen LogP contribution in [0.25, 0.3) is 0 Å². The Labute approximate surface area is 64.2 Å². The van der Waals surface area contributed by atoms with Crippen LogP contribution in [-0.2, 0) is 4.74 Å². The fraction of sp³-hybridized carbons (Fsp3) is 0.667. The van der Waals surface area contributed by atoms with Crippen molar-refractivity contribution in [1.82, 2.24) is 0 Å². The molecule has 0 saturated heterocycles. The zero-order valence-electron chi connectivity index (χ0n) is 5.06. The van der Waals surface area contributed by atoms with E-state index in [4.69, 9.17) is 4.74 Å². The third kappa shape index (κ3) is 6.27. The second-order valence-electron chi connectivity index (χ2n) is 1.38. The Hall–Kier alpha value is 0.270.